The van der Waals surface area contributed by atoms with Gasteiger partial charge in [-0.2, -0.15) is 0 Å². The van der Waals surface area contributed by atoms with E-state index in [9.17, 15) is 0 Å². The highest BCUT2D eigenvalue weighted by Crippen LogP contribution is 2.31. The molecule has 0 heterocycles. The van der Waals surface area contributed by atoms with Crippen molar-refractivity contribution in [3.05, 3.63) is 0 Å². The van der Waals surface area contributed by atoms with Crippen LogP contribution >= 0.6 is 0 Å². The number of unbranched alkanes of at least 4 members (excludes halogenated alkanes) is 15. The largest absolute Gasteiger partial charge is 1.00 e. The monoisotopic (exact) mass is 495 g/mol. The first-order valence-corrected chi connectivity index (χ1v) is 14.8. The lowest BCUT2D eigenvalue weighted by Crippen LogP contribution is -3.00. The van der Waals surface area contributed by atoms with E-state index in [1.165, 1.54) is 103 Å². The van der Waals surface area contributed by atoms with Crippen molar-refractivity contribution in [2.45, 2.75) is 128 Å². The van der Waals surface area contributed by atoms with Crippen LogP contribution in [0.5, 0.6) is 0 Å². The molecule has 0 rings (SSSR count). The minimum Gasteiger partial charge on any atom is -1.00 e. The molecule has 0 aromatic carbocycles. The highest BCUT2D eigenvalue weighted by atomic mass is 35.5. The lowest BCUT2D eigenvalue weighted by molar-refractivity contribution is -0.999. The SMILES string of the molecule is CCCCCCCCCCCCCCCCCC[N+](C)(C)C(OC)(OC)C(C[SiH3])OC.[Cl-]. The molecule has 32 heavy (non-hydrogen) atoms. The first-order valence-electron chi connectivity index (χ1n) is 13.4. The molecule has 0 bridgehead atoms. The number of nitrogens with zero attached hydrogens (tertiary/aromatic N) is 1. The summed E-state index contributed by atoms with van der Waals surface area (Å²) in [5.74, 6) is -0.716. The van der Waals surface area contributed by atoms with Crippen LogP contribution in [0, 0.1) is 0 Å². The van der Waals surface area contributed by atoms with E-state index < -0.39 is 5.91 Å². The number of ether oxygens (including phenoxy) is 3. The zero-order valence-corrected chi connectivity index (χ0v) is 25.6. The van der Waals surface area contributed by atoms with Crippen molar-refractivity contribution in [3.63, 3.8) is 0 Å². The Hall–Kier alpha value is 0.347. The molecule has 0 amide bonds. The van der Waals surface area contributed by atoms with Crippen molar-refractivity contribution >= 4 is 10.2 Å². The Balaban J connectivity index is 0. The average molecular weight is 496 g/mol. The summed E-state index contributed by atoms with van der Waals surface area (Å²) in [4.78, 5) is 0. The first-order chi connectivity index (χ1) is 15.0. The number of hydrogen-bond acceptors (Lipinski definition) is 3. The summed E-state index contributed by atoms with van der Waals surface area (Å²) >= 11 is 0. The standard InChI is InChI=1S/C26H58NO3Si.ClH/c1-7-8-9-10-11-12-13-14-15-16-17-18-19-20-21-22-23-27(2,3)26(29-5,30-6)25(24-31)28-4;/h25H,7-24H2,1-6,31H3;1H/q+1;/p-1. The Bertz CT molecular complexity index is 391. The van der Waals surface area contributed by atoms with Gasteiger partial charge in [-0.3, -0.25) is 4.48 Å². The van der Waals surface area contributed by atoms with Gasteiger partial charge < -0.3 is 26.6 Å². The zero-order valence-electron chi connectivity index (χ0n) is 22.9. The highest BCUT2D eigenvalue weighted by Gasteiger charge is 2.53. The highest BCUT2D eigenvalue weighted by molar-refractivity contribution is 6.08. The van der Waals surface area contributed by atoms with Crippen molar-refractivity contribution in [3.8, 4) is 0 Å². The molecule has 0 aromatic heterocycles. The predicted octanol–water partition coefficient (Wildman–Crippen LogP) is 3.07. The molecule has 1 unspecified atom stereocenters. The lowest BCUT2D eigenvalue weighted by atomic mass is 10.0. The topological polar surface area (TPSA) is 27.7 Å². The van der Waals surface area contributed by atoms with E-state index in [1.54, 1.807) is 21.3 Å². The number of hydrogen-bond donors (Lipinski definition) is 0. The van der Waals surface area contributed by atoms with Gasteiger partial charge >= 0.3 is 5.91 Å². The second-order valence-electron chi connectivity index (χ2n) is 9.88. The molecule has 0 radical (unpaired) electrons. The van der Waals surface area contributed by atoms with E-state index in [1.807, 2.05) is 0 Å². The minimum atomic E-state index is -0.716. The van der Waals surface area contributed by atoms with E-state index in [4.69, 9.17) is 14.2 Å². The van der Waals surface area contributed by atoms with Crippen molar-refractivity contribution in [1.82, 2.24) is 0 Å². The van der Waals surface area contributed by atoms with Crippen LogP contribution in [0.3, 0.4) is 0 Å². The Morgan fingerprint density at radius 2 is 1.00 bits per heavy atom. The van der Waals surface area contributed by atoms with Gasteiger partial charge in [0.2, 0.25) is 0 Å². The van der Waals surface area contributed by atoms with Crippen LogP contribution in [0.4, 0.5) is 0 Å². The summed E-state index contributed by atoms with van der Waals surface area (Å²) in [7, 11) is 10.8. The molecular formula is C26H58ClNO3Si. The fourth-order valence-electron chi connectivity index (χ4n) is 5.01. The summed E-state index contributed by atoms with van der Waals surface area (Å²) in [6, 6.07) is 0.999. The summed E-state index contributed by atoms with van der Waals surface area (Å²) < 4.78 is 18.3. The number of likely N-dealkylation sites (N-methyl/N-ethyl adjacent to an activating group) is 1. The van der Waals surface area contributed by atoms with Gasteiger partial charge in [0, 0.05) is 31.6 Å². The van der Waals surface area contributed by atoms with E-state index >= 15 is 0 Å². The Morgan fingerprint density at radius 3 is 1.28 bits per heavy atom. The van der Waals surface area contributed by atoms with Crippen molar-refractivity contribution in [2.24, 2.45) is 0 Å². The normalized spacial score (nSPS) is 13.3. The van der Waals surface area contributed by atoms with Crippen LogP contribution in [-0.4, -0.2) is 68.7 Å². The average Bonchev–Trinajstić information content (AvgIpc) is 2.77. The summed E-state index contributed by atoms with van der Waals surface area (Å²) in [6.45, 7) is 3.34. The van der Waals surface area contributed by atoms with Gasteiger partial charge in [-0.15, -0.1) is 0 Å². The Kier molecular flexibility index (Phi) is 23.6. The number of halogens is 1. The number of quaternary nitrogens is 1. The van der Waals surface area contributed by atoms with Crippen molar-refractivity contribution in [2.75, 3.05) is 42.0 Å². The van der Waals surface area contributed by atoms with Crippen molar-refractivity contribution in [1.29, 1.82) is 0 Å². The molecule has 0 fully saturated rings. The predicted molar refractivity (Wildman–Crippen MR) is 139 cm³/mol. The maximum absolute atomic E-state index is 5.92. The molecule has 0 aliphatic carbocycles. The maximum atomic E-state index is 5.92. The van der Waals surface area contributed by atoms with Crippen LogP contribution in [0.15, 0.2) is 0 Å². The first kappa shape index (κ1) is 34.5. The fourth-order valence-corrected chi connectivity index (χ4v) is 5.86. The summed E-state index contributed by atoms with van der Waals surface area (Å²) in [6.07, 6.45) is 22.4. The number of methoxy groups -OCH3 is 3. The molecule has 196 valence electrons. The molecule has 1 atom stereocenters. The van der Waals surface area contributed by atoms with Crippen LogP contribution in [-0.2, 0) is 14.2 Å². The third-order valence-corrected chi connectivity index (χ3v) is 7.80. The zero-order chi connectivity index (χ0) is 23.4. The van der Waals surface area contributed by atoms with Crippen LogP contribution in [0.1, 0.15) is 110 Å². The molecule has 0 aliphatic rings. The van der Waals surface area contributed by atoms with Gasteiger partial charge in [-0.05, 0) is 18.9 Å². The van der Waals surface area contributed by atoms with E-state index in [0.29, 0.717) is 4.48 Å². The van der Waals surface area contributed by atoms with Gasteiger partial charge in [0.25, 0.3) is 0 Å². The molecule has 0 saturated carbocycles. The summed E-state index contributed by atoms with van der Waals surface area (Å²) in [5.41, 5.74) is 0. The third kappa shape index (κ3) is 13.3. The van der Waals surface area contributed by atoms with Gasteiger partial charge in [0.1, 0.15) is 0 Å². The lowest BCUT2D eigenvalue weighted by Gasteiger charge is -2.48. The molecule has 0 N–H and O–H groups in total. The molecule has 4 nitrogen and oxygen atoms in total. The van der Waals surface area contributed by atoms with Gasteiger partial charge in [0.15, 0.2) is 6.10 Å². The van der Waals surface area contributed by atoms with Crippen molar-refractivity contribution < 1.29 is 31.1 Å². The molecule has 0 spiro atoms. The van der Waals surface area contributed by atoms with Gasteiger partial charge in [-0.1, -0.05) is 96.8 Å². The second kappa shape index (κ2) is 21.9. The van der Waals surface area contributed by atoms with Gasteiger partial charge in [-0.25, -0.2) is 0 Å². The molecule has 0 aliphatic heterocycles. The minimum absolute atomic E-state index is 0. The quantitative estimate of drug-likeness (QED) is 0.0943. The second-order valence-corrected chi connectivity index (χ2v) is 10.7. The van der Waals surface area contributed by atoms with Crippen LogP contribution in [0.25, 0.3) is 0 Å². The Labute approximate surface area is 210 Å². The molecular weight excluding hydrogens is 438 g/mol. The van der Waals surface area contributed by atoms with E-state index in [0.717, 1.165) is 22.8 Å². The smallest absolute Gasteiger partial charge is 0.345 e. The van der Waals surface area contributed by atoms with Crippen LogP contribution < -0.4 is 12.4 Å². The van der Waals surface area contributed by atoms with E-state index in [2.05, 4.69) is 21.0 Å². The summed E-state index contributed by atoms with van der Waals surface area (Å²) in [5, 5.41) is 0. The Morgan fingerprint density at radius 1 is 0.656 bits per heavy atom. The molecule has 0 saturated heterocycles. The van der Waals surface area contributed by atoms with Gasteiger partial charge in [0.05, 0.1) is 20.6 Å². The molecule has 0 aromatic rings. The van der Waals surface area contributed by atoms with E-state index in [-0.39, 0.29) is 18.5 Å². The van der Waals surface area contributed by atoms with Crippen LogP contribution in [0.2, 0.25) is 6.04 Å². The fraction of sp³-hybridized carbons (Fsp3) is 1.00. The number of rotatable bonds is 23. The maximum Gasteiger partial charge on any atom is 0.345 e. The third-order valence-electron chi connectivity index (χ3n) is 7.06. The molecule has 6 heteroatoms.